The summed E-state index contributed by atoms with van der Waals surface area (Å²) in [4.78, 5) is 28.0. The minimum Gasteiger partial charge on any atom is -0.469 e. The number of rotatable bonds is 7. The summed E-state index contributed by atoms with van der Waals surface area (Å²) in [6.45, 7) is 7.14. The van der Waals surface area contributed by atoms with Gasteiger partial charge in [0.15, 0.2) is 0 Å². The first-order valence-corrected chi connectivity index (χ1v) is 11.0. The molecule has 0 aromatic heterocycles. The predicted molar refractivity (Wildman–Crippen MR) is 122 cm³/mol. The predicted octanol–water partition coefficient (Wildman–Crippen LogP) is 3.98. The summed E-state index contributed by atoms with van der Waals surface area (Å²) in [5.41, 5.74) is 1.58. The van der Waals surface area contributed by atoms with E-state index in [1.54, 1.807) is 0 Å². The van der Waals surface area contributed by atoms with Gasteiger partial charge in [-0.05, 0) is 38.3 Å². The number of carbonyl (C=O) groups is 2. The van der Waals surface area contributed by atoms with Gasteiger partial charge in [-0.1, -0.05) is 60.7 Å². The Kier molecular flexibility index (Phi) is 8.04. The minimum absolute atomic E-state index is 0.158. The van der Waals surface area contributed by atoms with Gasteiger partial charge in [-0.25, -0.2) is 0 Å². The highest BCUT2D eigenvalue weighted by Crippen LogP contribution is 2.31. The first kappa shape index (κ1) is 24.0. The highest BCUT2D eigenvalue weighted by Gasteiger charge is 2.46. The van der Waals surface area contributed by atoms with Gasteiger partial charge in [-0.2, -0.15) is 0 Å². The van der Waals surface area contributed by atoms with Crippen molar-refractivity contribution in [1.82, 2.24) is 4.90 Å². The monoisotopic (exact) mass is 439 g/mol. The first-order chi connectivity index (χ1) is 15.3. The van der Waals surface area contributed by atoms with Gasteiger partial charge in [0.25, 0.3) is 0 Å². The van der Waals surface area contributed by atoms with Crippen LogP contribution in [0.5, 0.6) is 0 Å². The molecule has 0 radical (unpaired) electrons. The lowest BCUT2D eigenvalue weighted by atomic mass is 9.86. The Balaban J connectivity index is 1.86. The molecular weight excluding hydrogens is 406 g/mol. The zero-order valence-electron chi connectivity index (χ0n) is 19.3. The third-order valence-corrected chi connectivity index (χ3v) is 5.45. The second-order valence-electron chi connectivity index (χ2n) is 9.17. The summed E-state index contributed by atoms with van der Waals surface area (Å²) in [6.07, 6.45) is 0.196. The first-order valence-electron chi connectivity index (χ1n) is 11.0. The van der Waals surface area contributed by atoms with Crippen LogP contribution in [0.3, 0.4) is 0 Å². The SMILES string of the molecule is COC(=O)[C@H]1C[C@H](OC(C)(C)C)CN(Cc2ccccc2)[C@@H]1C(=O)OCc1ccccc1. The van der Waals surface area contributed by atoms with Gasteiger partial charge in [-0.15, -0.1) is 0 Å². The van der Waals surface area contributed by atoms with E-state index >= 15 is 0 Å². The van der Waals surface area contributed by atoms with E-state index in [1.165, 1.54) is 7.11 Å². The van der Waals surface area contributed by atoms with Gasteiger partial charge in [0.05, 0.1) is 24.7 Å². The van der Waals surface area contributed by atoms with Crippen LogP contribution in [0.1, 0.15) is 38.3 Å². The third-order valence-electron chi connectivity index (χ3n) is 5.45. The smallest absolute Gasteiger partial charge is 0.324 e. The summed E-state index contributed by atoms with van der Waals surface area (Å²) in [7, 11) is 1.35. The molecule has 0 spiro atoms. The Morgan fingerprint density at radius 3 is 2.09 bits per heavy atom. The highest BCUT2D eigenvalue weighted by molar-refractivity contribution is 5.85. The molecule has 0 N–H and O–H groups in total. The summed E-state index contributed by atoms with van der Waals surface area (Å²) in [5, 5.41) is 0. The van der Waals surface area contributed by atoms with Crippen LogP contribution < -0.4 is 0 Å². The van der Waals surface area contributed by atoms with Crippen LogP contribution in [-0.2, 0) is 37.0 Å². The van der Waals surface area contributed by atoms with Crippen molar-refractivity contribution in [3.8, 4) is 0 Å². The van der Waals surface area contributed by atoms with Crippen molar-refractivity contribution >= 4 is 11.9 Å². The van der Waals surface area contributed by atoms with Gasteiger partial charge in [0, 0.05) is 13.1 Å². The van der Waals surface area contributed by atoms with E-state index in [-0.39, 0.29) is 18.3 Å². The second kappa shape index (κ2) is 10.7. The lowest BCUT2D eigenvalue weighted by Crippen LogP contribution is -2.57. The fraction of sp³-hybridized carbons (Fsp3) is 0.462. The van der Waals surface area contributed by atoms with Crippen LogP contribution in [0.25, 0.3) is 0 Å². The molecule has 6 heteroatoms. The molecule has 0 saturated carbocycles. The second-order valence-corrected chi connectivity index (χ2v) is 9.17. The number of ether oxygens (including phenoxy) is 3. The van der Waals surface area contributed by atoms with Crippen LogP contribution in [0, 0.1) is 5.92 Å². The molecule has 0 unspecified atom stereocenters. The molecule has 172 valence electrons. The van der Waals surface area contributed by atoms with Crippen molar-refractivity contribution in [2.24, 2.45) is 5.92 Å². The minimum atomic E-state index is -0.744. The largest absolute Gasteiger partial charge is 0.469 e. The number of hydrogen-bond acceptors (Lipinski definition) is 6. The van der Waals surface area contributed by atoms with Crippen molar-refractivity contribution in [1.29, 1.82) is 0 Å². The molecular formula is C26H33NO5. The molecule has 0 bridgehead atoms. The maximum absolute atomic E-state index is 13.3. The highest BCUT2D eigenvalue weighted by atomic mass is 16.5. The summed E-state index contributed by atoms with van der Waals surface area (Å²) < 4.78 is 17.0. The van der Waals surface area contributed by atoms with E-state index in [2.05, 4.69) is 0 Å². The van der Waals surface area contributed by atoms with E-state index in [0.717, 1.165) is 11.1 Å². The van der Waals surface area contributed by atoms with Gasteiger partial charge in [0.1, 0.15) is 12.6 Å². The normalized spacial score (nSPS) is 21.7. The lowest BCUT2D eigenvalue weighted by Gasteiger charge is -2.43. The maximum Gasteiger partial charge on any atom is 0.324 e. The van der Waals surface area contributed by atoms with E-state index < -0.39 is 23.9 Å². The van der Waals surface area contributed by atoms with Crippen LogP contribution in [0.2, 0.25) is 0 Å². The summed E-state index contributed by atoms with van der Waals surface area (Å²) in [5.74, 6) is -1.52. The number of nitrogens with zero attached hydrogens (tertiary/aromatic N) is 1. The molecule has 2 aromatic rings. The Morgan fingerprint density at radius 2 is 1.53 bits per heavy atom. The molecule has 1 saturated heterocycles. The van der Waals surface area contributed by atoms with E-state index in [9.17, 15) is 9.59 Å². The Hall–Kier alpha value is -2.70. The summed E-state index contributed by atoms with van der Waals surface area (Å²) >= 11 is 0. The van der Waals surface area contributed by atoms with E-state index in [4.69, 9.17) is 14.2 Å². The number of esters is 2. The molecule has 1 heterocycles. The topological polar surface area (TPSA) is 65.1 Å². The quantitative estimate of drug-likeness (QED) is 0.608. The van der Waals surface area contributed by atoms with Gasteiger partial charge in [-0.3, -0.25) is 14.5 Å². The molecule has 32 heavy (non-hydrogen) atoms. The molecule has 3 atom stereocenters. The Bertz CT molecular complexity index is 878. The zero-order chi connectivity index (χ0) is 23.1. The maximum atomic E-state index is 13.3. The van der Waals surface area contributed by atoms with Crippen LogP contribution in [0.15, 0.2) is 60.7 Å². The molecule has 1 aliphatic rings. The molecule has 2 aromatic carbocycles. The standard InChI is InChI=1S/C26H33NO5/c1-26(2,3)32-21-15-22(24(28)30-4)23(25(29)31-18-20-13-9-6-10-14-20)27(17-21)16-19-11-7-5-8-12-19/h5-14,21-23H,15-18H2,1-4H3/t21-,22-,23-/m0/s1. The van der Waals surface area contributed by atoms with Crippen LogP contribution >= 0.6 is 0 Å². The van der Waals surface area contributed by atoms with Crippen molar-refractivity contribution in [2.75, 3.05) is 13.7 Å². The van der Waals surface area contributed by atoms with E-state index in [0.29, 0.717) is 19.5 Å². The Morgan fingerprint density at radius 1 is 0.938 bits per heavy atom. The molecule has 1 aliphatic heterocycles. The number of benzene rings is 2. The van der Waals surface area contributed by atoms with Crippen LogP contribution in [-0.4, -0.2) is 48.2 Å². The van der Waals surface area contributed by atoms with Crippen molar-refractivity contribution in [2.45, 2.75) is 58.1 Å². The molecule has 3 rings (SSSR count). The number of piperidine rings is 1. The number of carbonyl (C=O) groups excluding carboxylic acids is 2. The van der Waals surface area contributed by atoms with Crippen LogP contribution in [0.4, 0.5) is 0 Å². The number of likely N-dealkylation sites (tertiary alicyclic amines) is 1. The fourth-order valence-electron chi connectivity index (χ4n) is 4.19. The fourth-order valence-corrected chi connectivity index (χ4v) is 4.19. The number of hydrogen-bond donors (Lipinski definition) is 0. The average molecular weight is 440 g/mol. The molecule has 6 nitrogen and oxygen atoms in total. The third kappa shape index (κ3) is 6.65. The molecule has 1 fully saturated rings. The van der Waals surface area contributed by atoms with E-state index in [1.807, 2.05) is 86.3 Å². The van der Waals surface area contributed by atoms with Crippen molar-refractivity contribution in [3.63, 3.8) is 0 Å². The molecule has 0 aliphatic carbocycles. The van der Waals surface area contributed by atoms with Crippen molar-refractivity contribution < 1.29 is 23.8 Å². The Labute approximate surface area is 190 Å². The van der Waals surface area contributed by atoms with Crippen molar-refractivity contribution in [3.05, 3.63) is 71.8 Å². The number of methoxy groups -OCH3 is 1. The van der Waals surface area contributed by atoms with Gasteiger partial charge < -0.3 is 14.2 Å². The zero-order valence-corrected chi connectivity index (χ0v) is 19.3. The lowest BCUT2D eigenvalue weighted by molar-refractivity contribution is -0.174. The average Bonchev–Trinajstić information content (AvgIpc) is 2.77. The van der Waals surface area contributed by atoms with Gasteiger partial charge >= 0.3 is 11.9 Å². The summed E-state index contributed by atoms with van der Waals surface area (Å²) in [6, 6.07) is 18.7. The van der Waals surface area contributed by atoms with Gasteiger partial charge in [0.2, 0.25) is 0 Å². The molecule has 0 amide bonds.